The number of nitrogens with one attached hydrogen (secondary N) is 1. The van der Waals surface area contributed by atoms with Crippen LogP contribution < -0.4 is 10.1 Å². The van der Waals surface area contributed by atoms with Crippen LogP contribution in [-0.4, -0.2) is 33.2 Å². The Bertz CT molecular complexity index is 488. The summed E-state index contributed by atoms with van der Waals surface area (Å²) >= 11 is 0. The van der Waals surface area contributed by atoms with Crippen molar-refractivity contribution in [1.82, 2.24) is 19.6 Å². The molecule has 0 aromatic carbocycles. The molecule has 0 saturated heterocycles. The number of nitrogens with zero attached hydrogens (tertiary/aromatic N) is 4. The van der Waals surface area contributed by atoms with Gasteiger partial charge in [0.05, 0.1) is 7.11 Å². The maximum atomic E-state index is 5.14. The Morgan fingerprint density at radius 2 is 2.18 bits per heavy atom. The highest BCUT2D eigenvalue weighted by Gasteiger charge is 2.04. The number of methoxy groups -OCH3 is 1. The van der Waals surface area contributed by atoms with Gasteiger partial charge in [-0.25, -0.2) is 4.68 Å². The molecule has 0 amide bonds. The highest BCUT2D eigenvalue weighted by atomic mass is 16.5. The first kappa shape index (κ1) is 11.5. The first-order valence-corrected chi connectivity index (χ1v) is 5.49. The Balaban J connectivity index is 1.88. The summed E-state index contributed by atoms with van der Waals surface area (Å²) in [6, 6.07) is 3.89. The fraction of sp³-hybridized carbons (Fsp3) is 0.455. The zero-order chi connectivity index (χ0) is 12.3. The van der Waals surface area contributed by atoms with Crippen LogP contribution in [0.15, 0.2) is 18.3 Å². The lowest BCUT2D eigenvalue weighted by Crippen LogP contribution is -2.08. The van der Waals surface area contributed by atoms with E-state index in [0.717, 1.165) is 24.7 Å². The highest BCUT2D eigenvalue weighted by molar-refractivity contribution is 5.38. The molecule has 0 spiro atoms. The largest absolute Gasteiger partial charge is 0.481 e. The molecule has 17 heavy (non-hydrogen) atoms. The average Bonchev–Trinajstić information content (AvgIpc) is 2.86. The summed E-state index contributed by atoms with van der Waals surface area (Å²) in [4.78, 5) is 0. The third kappa shape index (κ3) is 2.58. The molecular weight excluding hydrogens is 218 g/mol. The Labute approximate surface area is 100 Å². The van der Waals surface area contributed by atoms with Crippen LogP contribution in [0.3, 0.4) is 0 Å². The van der Waals surface area contributed by atoms with Crippen molar-refractivity contribution < 1.29 is 4.74 Å². The van der Waals surface area contributed by atoms with Crippen molar-refractivity contribution in [3.8, 4) is 5.88 Å². The molecule has 6 nitrogen and oxygen atoms in total. The molecular formula is C11H17N5O. The quantitative estimate of drug-likeness (QED) is 0.833. The summed E-state index contributed by atoms with van der Waals surface area (Å²) in [5, 5.41) is 11.7. The van der Waals surface area contributed by atoms with E-state index in [1.54, 1.807) is 18.0 Å². The predicted molar refractivity (Wildman–Crippen MR) is 65.2 cm³/mol. The molecule has 0 aliphatic carbocycles. The van der Waals surface area contributed by atoms with Crippen molar-refractivity contribution in [2.45, 2.75) is 6.42 Å². The molecule has 1 N–H and O–H groups in total. The number of hydrogen-bond acceptors (Lipinski definition) is 4. The van der Waals surface area contributed by atoms with E-state index in [4.69, 9.17) is 4.74 Å². The molecule has 0 atom stereocenters. The molecule has 0 aliphatic heterocycles. The Morgan fingerprint density at radius 3 is 2.76 bits per heavy atom. The van der Waals surface area contributed by atoms with Gasteiger partial charge in [-0.05, 0) is 6.07 Å². The Morgan fingerprint density at radius 1 is 1.35 bits per heavy atom. The third-order valence-electron chi connectivity index (χ3n) is 2.66. The van der Waals surface area contributed by atoms with E-state index < -0.39 is 0 Å². The SMILES string of the molecule is COc1cc(NCCc2ccnn2C)nn1C. The number of aromatic nitrogens is 4. The summed E-state index contributed by atoms with van der Waals surface area (Å²) in [7, 11) is 5.43. The second-order valence-corrected chi connectivity index (χ2v) is 3.82. The normalized spacial score (nSPS) is 10.5. The summed E-state index contributed by atoms with van der Waals surface area (Å²) in [6.07, 6.45) is 2.72. The van der Waals surface area contributed by atoms with Gasteiger partial charge < -0.3 is 10.1 Å². The van der Waals surface area contributed by atoms with Crippen molar-refractivity contribution in [2.24, 2.45) is 14.1 Å². The number of anilines is 1. The number of aryl methyl sites for hydroxylation is 2. The van der Waals surface area contributed by atoms with Gasteiger partial charge in [-0.2, -0.15) is 10.2 Å². The summed E-state index contributed by atoms with van der Waals surface area (Å²) < 4.78 is 8.72. The minimum Gasteiger partial charge on any atom is -0.481 e. The van der Waals surface area contributed by atoms with Gasteiger partial charge in [0.2, 0.25) is 5.88 Å². The molecule has 0 fully saturated rings. The van der Waals surface area contributed by atoms with Crippen molar-refractivity contribution in [3.05, 3.63) is 24.0 Å². The second kappa shape index (κ2) is 4.90. The average molecular weight is 235 g/mol. The van der Waals surface area contributed by atoms with Gasteiger partial charge in [-0.3, -0.25) is 4.68 Å². The van der Waals surface area contributed by atoms with E-state index in [9.17, 15) is 0 Å². The van der Waals surface area contributed by atoms with Crippen LogP contribution in [0.1, 0.15) is 5.69 Å². The molecule has 2 heterocycles. The van der Waals surface area contributed by atoms with Gasteiger partial charge in [-0.15, -0.1) is 0 Å². The van der Waals surface area contributed by atoms with E-state index in [1.807, 2.05) is 30.9 Å². The van der Waals surface area contributed by atoms with E-state index >= 15 is 0 Å². The smallest absolute Gasteiger partial charge is 0.213 e. The van der Waals surface area contributed by atoms with E-state index in [0.29, 0.717) is 0 Å². The molecule has 92 valence electrons. The second-order valence-electron chi connectivity index (χ2n) is 3.82. The van der Waals surface area contributed by atoms with Crippen LogP contribution in [-0.2, 0) is 20.5 Å². The standard InChI is InChI=1S/C11H17N5O/c1-15-9(5-7-13-15)4-6-12-10-8-11(17-3)16(2)14-10/h5,7-8H,4,6H2,1-3H3,(H,12,14). The lowest BCUT2D eigenvalue weighted by atomic mass is 10.3. The van der Waals surface area contributed by atoms with E-state index in [1.165, 1.54) is 5.69 Å². The molecule has 0 aliphatic rings. The van der Waals surface area contributed by atoms with Gasteiger partial charge in [-0.1, -0.05) is 0 Å². The predicted octanol–water partition coefficient (Wildman–Crippen LogP) is 0.817. The monoisotopic (exact) mass is 235 g/mol. The van der Waals surface area contributed by atoms with Gasteiger partial charge in [0, 0.05) is 45.0 Å². The van der Waals surface area contributed by atoms with Gasteiger partial charge in [0.25, 0.3) is 0 Å². The summed E-state index contributed by atoms with van der Waals surface area (Å²) in [6.45, 7) is 0.819. The van der Waals surface area contributed by atoms with Crippen molar-refractivity contribution in [3.63, 3.8) is 0 Å². The summed E-state index contributed by atoms with van der Waals surface area (Å²) in [5.41, 5.74) is 1.19. The molecule has 2 rings (SSSR count). The van der Waals surface area contributed by atoms with Crippen molar-refractivity contribution in [1.29, 1.82) is 0 Å². The third-order valence-corrected chi connectivity index (χ3v) is 2.66. The zero-order valence-corrected chi connectivity index (χ0v) is 10.3. The van der Waals surface area contributed by atoms with Gasteiger partial charge in [0.1, 0.15) is 0 Å². The first-order valence-electron chi connectivity index (χ1n) is 5.49. The maximum Gasteiger partial charge on any atom is 0.213 e. The van der Waals surface area contributed by atoms with Crippen LogP contribution in [0.25, 0.3) is 0 Å². The van der Waals surface area contributed by atoms with Crippen molar-refractivity contribution >= 4 is 5.82 Å². The first-order chi connectivity index (χ1) is 8.20. The van der Waals surface area contributed by atoms with Crippen molar-refractivity contribution in [2.75, 3.05) is 19.0 Å². The highest BCUT2D eigenvalue weighted by Crippen LogP contribution is 2.14. The number of ether oxygens (including phenoxy) is 1. The molecule has 0 unspecified atom stereocenters. The maximum absolute atomic E-state index is 5.14. The molecule has 0 bridgehead atoms. The molecule has 2 aromatic rings. The Hall–Kier alpha value is -1.98. The number of hydrogen-bond donors (Lipinski definition) is 1. The molecule has 6 heteroatoms. The molecule has 2 aromatic heterocycles. The number of rotatable bonds is 5. The van der Waals surface area contributed by atoms with Crippen LogP contribution in [0.2, 0.25) is 0 Å². The minimum atomic E-state index is 0.744. The topological polar surface area (TPSA) is 56.9 Å². The fourth-order valence-corrected chi connectivity index (χ4v) is 1.69. The van der Waals surface area contributed by atoms with Crippen LogP contribution in [0.4, 0.5) is 5.82 Å². The van der Waals surface area contributed by atoms with Gasteiger partial charge >= 0.3 is 0 Å². The molecule has 0 radical (unpaired) electrons. The van der Waals surface area contributed by atoms with E-state index in [-0.39, 0.29) is 0 Å². The van der Waals surface area contributed by atoms with Gasteiger partial charge in [0.15, 0.2) is 5.82 Å². The lowest BCUT2D eigenvalue weighted by molar-refractivity contribution is 0.373. The molecule has 0 saturated carbocycles. The summed E-state index contributed by atoms with van der Waals surface area (Å²) in [5.74, 6) is 1.57. The lowest BCUT2D eigenvalue weighted by Gasteiger charge is -2.03. The van der Waals surface area contributed by atoms with E-state index in [2.05, 4.69) is 15.5 Å². The van der Waals surface area contributed by atoms with Crippen LogP contribution in [0.5, 0.6) is 5.88 Å². The van der Waals surface area contributed by atoms with Crippen LogP contribution >= 0.6 is 0 Å². The minimum absolute atomic E-state index is 0.744. The van der Waals surface area contributed by atoms with Crippen LogP contribution in [0, 0.1) is 0 Å². The Kier molecular flexibility index (Phi) is 3.32. The fourth-order valence-electron chi connectivity index (χ4n) is 1.69. The zero-order valence-electron chi connectivity index (χ0n) is 10.3.